The van der Waals surface area contributed by atoms with Crippen molar-refractivity contribution in [3.8, 4) is 28.5 Å². The normalized spacial score (nSPS) is 10.1. The molecule has 1 aromatic carbocycles. The van der Waals surface area contributed by atoms with Gasteiger partial charge in [-0.2, -0.15) is 0 Å². The Labute approximate surface area is 116 Å². The highest BCUT2D eigenvalue weighted by atomic mass is 32.1. The van der Waals surface area contributed by atoms with E-state index in [0.717, 1.165) is 11.3 Å². The summed E-state index contributed by atoms with van der Waals surface area (Å²) in [6, 6.07) is 5.57. The van der Waals surface area contributed by atoms with Gasteiger partial charge in [-0.15, -0.1) is 0 Å². The standard InChI is InChI=1S/C13H14N2O3S/c1-16-9-5-4-8(6-10(9)17-2)11-12(18-3)13(19)15-7-14-11/h4-7H,1-3H3,(H,14,15,19). The van der Waals surface area contributed by atoms with Gasteiger partial charge in [0.2, 0.25) is 0 Å². The first kappa shape index (κ1) is 13.4. The zero-order valence-electron chi connectivity index (χ0n) is 10.9. The van der Waals surface area contributed by atoms with Gasteiger partial charge in [-0.3, -0.25) is 0 Å². The Morgan fingerprint density at radius 1 is 1.05 bits per heavy atom. The lowest BCUT2D eigenvalue weighted by atomic mass is 10.1. The molecule has 5 nitrogen and oxygen atoms in total. The van der Waals surface area contributed by atoms with Crippen molar-refractivity contribution < 1.29 is 14.2 Å². The van der Waals surface area contributed by atoms with Crippen LogP contribution in [-0.4, -0.2) is 31.3 Å². The minimum absolute atomic E-state index is 0.408. The Balaban J connectivity index is 2.59. The average Bonchev–Trinajstić information content (AvgIpc) is 2.46. The Morgan fingerprint density at radius 3 is 2.42 bits per heavy atom. The fourth-order valence-electron chi connectivity index (χ4n) is 1.78. The summed E-state index contributed by atoms with van der Waals surface area (Å²) >= 11 is 5.14. The van der Waals surface area contributed by atoms with Crippen molar-refractivity contribution in [3.05, 3.63) is 29.2 Å². The van der Waals surface area contributed by atoms with Crippen LogP contribution in [0, 0.1) is 4.64 Å². The van der Waals surface area contributed by atoms with Gasteiger partial charge < -0.3 is 19.2 Å². The first-order chi connectivity index (χ1) is 9.21. The van der Waals surface area contributed by atoms with E-state index in [-0.39, 0.29) is 0 Å². The van der Waals surface area contributed by atoms with Crippen LogP contribution in [0.5, 0.6) is 17.2 Å². The number of nitrogens with zero attached hydrogens (tertiary/aromatic N) is 1. The lowest BCUT2D eigenvalue weighted by Crippen LogP contribution is -1.96. The van der Waals surface area contributed by atoms with E-state index in [0.29, 0.717) is 21.9 Å². The molecule has 0 fully saturated rings. The molecule has 0 bridgehead atoms. The Morgan fingerprint density at radius 2 is 1.79 bits per heavy atom. The molecule has 0 amide bonds. The van der Waals surface area contributed by atoms with Gasteiger partial charge in [0.05, 0.1) is 33.4 Å². The third-order valence-electron chi connectivity index (χ3n) is 2.69. The number of rotatable bonds is 4. The fourth-order valence-corrected chi connectivity index (χ4v) is 2.02. The van der Waals surface area contributed by atoms with Gasteiger partial charge in [0.15, 0.2) is 21.9 Å². The molecule has 0 unspecified atom stereocenters. The molecular formula is C13H14N2O3S. The molecule has 19 heavy (non-hydrogen) atoms. The summed E-state index contributed by atoms with van der Waals surface area (Å²) in [5, 5.41) is 0. The van der Waals surface area contributed by atoms with Crippen LogP contribution in [-0.2, 0) is 0 Å². The first-order valence-electron chi connectivity index (χ1n) is 5.55. The molecule has 1 aromatic heterocycles. The second-order valence-electron chi connectivity index (χ2n) is 3.69. The maximum Gasteiger partial charge on any atom is 0.179 e. The van der Waals surface area contributed by atoms with Crippen molar-refractivity contribution in [3.63, 3.8) is 0 Å². The van der Waals surface area contributed by atoms with Crippen molar-refractivity contribution in [2.45, 2.75) is 0 Å². The molecule has 100 valence electrons. The Bertz CT molecular complexity index is 640. The smallest absolute Gasteiger partial charge is 0.179 e. The van der Waals surface area contributed by atoms with E-state index in [1.165, 1.54) is 6.33 Å². The first-order valence-corrected chi connectivity index (χ1v) is 5.96. The van der Waals surface area contributed by atoms with E-state index < -0.39 is 0 Å². The summed E-state index contributed by atoms with van der Waals surface area (Å²) in [5.41, 5.74) is 1.63. The highest BCUT2D eigenvalue weighted by Gasteiger charge is 2.11. The molecule has 0 aliphatic carbocycles. The second-order valence-corrected chi connectivity index (χ2v) is 4.07. The number of benzene rings is 1. The molecule has 0 spiro atoms. The van der Waals surface area contributed by atoms with Crippen LogP contribution >= 0.6 is 12.2 Å². The summed E-state index contributed by atoms with van der Waals surface area (Å²) < 4.78 is 16.2. The van der Waals surface area contributed by atoms with E-state index in [9.17, 15) is 0 Å². The third kappa shape index (κ3) is 2.53. The predicted octanol–water partition coefficient (Wildman–Crippen LogP) is 2.83. The van der Waals surface area contributed by atoms with Crippen LogP contribution in [0.15, 0.2) is 24.5 Å². The zero-order chi connectivity index (χ0) is 13.8. The van der Waals surface area contributed by atoms with E-state index in [4.69, 9.17) is 26.4 Å². The summed E-state index contributed by atoms with van der Waals surface area (Å²) in [7, 11) is 4.75. The molecule has 2 rings (SSSR count). The topological polar surface area (TPSA) is 56.4 Å². The molecule has 0 saturated heterocycles. The van der Waals surface area contributed by atoms with E-state index in [1.54, 1.807) is 21.3 Å². The second kappa shape index (κ2) is 5.71. The highest BCUT2D eigenvalue weighted by molar-refractivity contribution is 7.71. The van der Waals surface area contributed by atoms with Gasteiger partial charge >= 0.3 is 0 Å². The quantitative estimate of drug-likeness (QED) is 0.871. The minimum atomic E-state index is 0.408. The molecule has 6 heteroatoms. The van der Waals surface area contributed by atoms with Gasteiger partial charge in [-0.1, -0.05) is 12.2 Å². The SMILES string of the molecule is COc1ccc(-c2[nH]cnc(=S)c2OC)cc1OC. The van der Waals surface area contributed by atoms with Crippen molar-refractivity contribution in [1.29, 1.82) is 0 Å². The predicted molar refractivity (Wildman–Crippen MR) is 74.5 cm³/mol. The van der Waals surface area contributed by atoms with Crippen LogP contribution in [0.25, 0.3) is 11.3 Å². The molecule has 2 aromatic rings. The summed E-state index contributed by atoms with van der Waals surface area (Å²) in [6.07, 6.45) is 1.54. The molecule has 1 N–H and O–H groups in total. The number of hydrogen-bond acceptors (Lipinski definition) is 5. The van der Waals surface area contributed by atoms with Crippen molar-refractivity contribution in [2.75, 3.05) is 21.3 Å². The van der Waals surface area contributed by atoms with Gasteiger partial charge in [0, 0.05) is 5.56 Å². The Hall–Kier alpha value is -2.08. The number of aromatic nitrogens is 2. The van der Waals surface area contributed by atoms with Crippen LogP contribution in [0.2, 0.25) is 0 Å². The number of H-pyrrole nitrogens is 1. The largest absolute Gasteiger partial charge is 0.493 e. The number of ether oxygens (including phenoxy) is 3. The van der Waals surface area contributed by atoms with Crippen LogP contribution < -0.4 is 14.2 Å². The number of nitrogens with one attached hydrogen (secondary N) is 1. The maximum absolute atomic E-state index is 5.29. The molecule has 0 saturated carbocycles. The number of hydrogen-bond donors (Lipinski definition) is 1. The monoisotopic (exact) mass is 278 g/mol. The van der Waals surface area contributed by atoms with Crippen LogP contribution in [0.3, 0.4) is 0 Å². The van der Waals surface area contributed by atoms with Gasteiger partial charge in [-0.05, 0) is 18.2 Å². The minimum Gasteiger partial charge on any atom is -0.493 e. The molecule has 1 heterocycles. The molecular weight excluding hydrogens is 264 g/mol. The van der Waals surface area contributed by atoms with Crippen molar-refractivity contribution in [1.82, 2.24) is 9.97 Å². The van der Waals surface area contributed by atoms with Crippen molar-refractivity contribution in [2.24, 2.45) is 0 Å². The van der Waals surface area contributed by atoms with Crippen molar-refractivity contribution >= 4 is 12.2 Å². The average molecular weight is 278 g/mol. The van der Waals surface area contributed by atoms with E-state index >= 15 is 0 Å². The summed E-state index contributed by atoms with van der Waals surface area (Å²) in [6.45, 7) is 0. The van der Waals surface area contributed by atoms with E-state index in [1.807, 2.05) is 18.2 Å². The molecule has 0 aliphatic rings. The zero-order valence-corrected chi connectivity index (χ0v) is 11.7. The lowest BCUT2D eigenvalue weighted by molar-refractivity contribution is 0.355. The van der Waals surface area contributed by atoms with Gasteiger partial charge in [0.1, 0.15) is 0 Å². The lowest BCUT2D eigenvalue weighted by Gasteiger charge is -2.11. The third-order valence-corrected chi connectivity index (χ3v) is 2.98. The highest BCUT2D eigenvalue weighted by Crippen LogP contribution is 2.34. The maximum atomic E-state index is 5.29. The summed E-state index contributed by atoms with van der Waals surface area (Å²) in [5.74, 6) is 1.83. The molecule has 0 radical (unpaired) electrons. The Kier molecular flexibility index (Phi) is 4.01. The molecule has 0 aliphatic heterocycles. The molecule has 0 atom stereocenters. The van der Waals surface area contributed by atoms with Crippen LogP contribution in [0.1, 0.15) is 0 Å². The summed E-state index contributed by atoms with van der Waals surface area (Å²) in [4.78, 5) is 7.03. The van der Waals surface area contributed by atoms with Gasteiger partial charge in [-0.25, -0.2) is 4.98 Å². The number of methoxy groups -OCH3 is 3. The van der Waals surface area contributed by atoms with Crippen LogP contribution in [0.4, 0.5) is 0 Å². The fraction of sp³-hybridized carbons (Fsp3) is 0.231. The number of aromatic amines is 1. The van der Waals surface area contributed by atoms with E-state index in [2.05, 4.69) is 9.97 Å². The van der Waals surface area contributed by atoms with Gasteiger partial charge in [0.25, 0.3) is 0 Å².